The molecule has 1 N–H and O–H groups in total. The summed E-state index contributed by atoms with van der Waals surface area (Å²) in [5.41, 5.74) is 1.86. The number of fused-ring (bicyclic) bond motifs is 1. The number of nitrogens with zero attached hydrogens (tertiary/aromatic N) is 2. The first-order valence-electron chi connectivity index (χ1n) is 8.35. The van der Waals surface area contributed by atoms with Gasteiger partial charge in [0.05, 0.1) is 17.1 Å². The average Bonchev–Trinajstić information content (AvgIpc) is 2.79. The Balaban J connectivity index is 2.02. The van der Waals surface area contributed by atoms with Gasteiger partial charge in [-0.25, -0.2) is 8.70 Å². The van der Waals surface area contributed by atoms with E-state index in [9.17, 15) is 12.8 Å². The van der Waals surface area contributed by atoms with Crippen molar-refractivity contribution < 1.29 is 12.8 Å². The Bertz CT molecular complexity index is 870. The van der Waals surface area contributed by atoms with Crippen LogP contribution in [0.25, 0.3) is 0 Å². The zero-order valence-corrected chi connectivity index (χ0v) is 15.2. The fourth-order valence-corrected chi connectivity index (χ4v) is 4.74. The molecule has 0 fully saturated rings. The maximum atomic E-state index is 14.5. The first-order chi connectivity index (χ1) is 12.0. The summed E-state index contributed by atoms with van der Waals surface area (Å²) in [6.45, 7) is 5.68. The minimum absolute atomic E-state index is 0.0484. The van der Waals surface area contributed by atoms with Crippen LogP contribution < -0.4 is 13.9 Å². The van der Waals surface area contributed by atoms with Crippen LogP contribution >= 0.6 is 0 Å². The van der Waals surface area contributed by atoms with E-state index < -0.39 is 16.0 Å². The molecule has 1 aliphatic rings. The van der Waals surface area contributed by atoms with Gasteiger partial charge in [-0.15, -0.1) is 0 Å². The zero-order valence-electron chi connectivity index (χ0n) is 14.4. The van der Waals surface area contributed by atoms with Crippen LogP contribution in [-0.4, -0.2) is 28.1 Å². The van der Waals surface area contributed by atoms with Crippen LogP contribution in [0.4, 0.5) is 21.5 Å². The van der Waals surface area contributed by atoms with E-state index in [0.717, 1.165) is 23.0 Å². The number of hydrogen-bond donors (Lipinski definition) is 1. The summed E-state index contributed by atoms with van der Waals surface area (Å²) in [4.78, 5) is 0. The van der Waals surface area contributed by atoms with Gasteiger partial charge in [0.1, 0.15) is 5.82 Å². The number of benzene rings is 2. The molecule has 0 atom stereocenters. The van der Waals surface area contributed by atoms with Crippen LogP contribution in [0.1, 0.15) is 18.9 Å². The summed E-state index contributed by atoms with van der Waals surface area (Å²) in [6.07, 6.45) is 0.672. The van der Waals surface area contributed by atoms with E-state index >= 15 is 0 Å². The van der Waals surface area contributed by atoms with E-state index in [1.54, 1.807) is 37.3 Å². The van der Waals surface area contributed by atoms with Gasteiger partial charge in [0.15, 0.2) is 0 Å². The largest absolute Gasteiger partial charge is 0.331 e. The van der Waals surface area contributed by atoms with Crippen molar-refractivity contribution in [2.24, 2.45) is 0 Å². The van der Waals surface area contributed by atoms with Gasteiger partial charge in [0, 0.05) is 6.54 Å². The molecule has 7 heteroatoms. The van der Waals surface area contributed by atoms with Crippen molar-refractivity contribution in [3.8, 4) is 0 Å². The summed E-state index contributed by atoms with van der Waals surface area (Å²) in [5, 5.41) is 3.19. The Hall–Kier alpha value is -2.12. The highest BCUT2D eigenvalue weighted by molar-refractivity contribution is 7.95. The molecule has 0 aliphatic carbocycles. The molecule has 0 radical (unpaired) electrons. The molecule has 0 saturated carbocycles. The first-order valence-corrected chi connectivity index (χ1v) is 9.75. The predicted molar refractivity (Wildman–Crippen MR) is 99.1 cm³/mol. The Morgan fingerprint density at radius 2 is 1.80 bits per heavy atom. The highest BCUT2D eigenvalue weighted by Gasteiger charge is 2.41. The molecule has 0 unspecified atom stereocenters. The molecular weight excluding hydrogens is 341 g/mol. The van der Waals surface area contributed by atoms with Crippen LogP contribution in [0.3, 0.4) is 0 Å². The van der Waals surface area contributed by atoms with E-state index in [4.69, 9.17) is 0 Å². The fourth-order valence-electron chi connectivity index (χ4n) is 2.98. The third-order valence-electron chi connectivity index (χ3n) is 4.17. The van der Waals surface area contributed by atoms with Gasteiger partial charge in [-0.05, 0) is 56.3 Å². The Labute approximate surface area is 148 Å². The SMILES string of the molecule is CCNCCCN1c2ccccc2N(c2ccc(C)cc2F)S1(=O)=O. The maximum absolute atomic E-state index is 14.5. The van der Waals surface area contributed by atoms with Gasteiger partial charge in [-0.3, -0.25) is 4.31 Å². The molecule has 134 valence electrons. The van der Waals surface area contributed by atoms with Gasteiger partial charge < -0.3 is 5.32 Å². The molecule has 1 heterocycles. The average molecular weight is 363 g/mol. The summed E-state index contributed by atoms with van der Waals surface area (Å²) in [7, 11) is -3.86. The van der Waals surface area contributed by atoms with E-state index in [0.29, 0.717) is 24.3 Å². The molecule has 1 aliphatic heterocycles. The number of halogens is 1. The highest BCUT2D eigenvalue weighted by atomic mass is 32.2. The van der Waals surface area contributed by atoms with Crippen LogP contribution in [0.2, 0.25) is 0 Å². The summed E-state index contributed by atoms with van der Waals surface area (Å²) < 4.78 is 43.2. The number of nitrogens with one attached hydrogen (secondary N) is 1. The number of aryl methyl sites for hydroxylation is 1. The van der Waals surface area contributed by atoms with Gasteiger partial charge >= 0.3 is 10.2 Å². The molecule has 0 bridgehead atoms. The second-order valence-corrected chi connectivity index (χ2v) is 7.70. The van der Waals surface area contributed by atoms with Crippen molar-refractivity contribution in [1.82, 2.24) is 5.32 Å². The third-order valence-corrected chi connectivity index (χ3v) is 5.96. The lowest BCUT2D eigenvalue weighted by atomic mass is 10.2. The number of anilines is 3. The zero-order chi connectivity index (χ0) is 18.0. The third kappa shape index (κ3) is 3.21. The lowest BCUT2D eigenvalue weighted by Crippen LogP contribution is -2.37. The monoisotopic (exact) mass is 363 g/mol. The second-order valence-electron chi connectivity index (χ2n) is 6.00. The Morgan fingerprint density at radius 1 is 1.08 bits per heavy atom. The summed E-state index contributed by atoms with van der Waals surface area (Å²) in [5.74, 6) is -0.548. The van der Waals surface area contributed by atoms with E-state index in [1.165, 1.54) is 16.4 Å². The van der Waals surface area contributed by atoms with Crippen LogP contribution in [0.15, 0.2) is 42.5 Å². The minimum atomic E-state index is -3.86. The lowest BCUT2D eigenvalue weighted by molar-refractivity contribution is 0.587. The Kier molecular flexibility index (Phi) is 4.96. The highest BCUT2D eigenvalue weighted by Crippen LogP contribution is 2.45. The maximum Gasteiger partial charge on any atom is 0.331 e. The van der Waals surface area contributed by atoms with Crippen molar-refractivity contribution in [2.45, 2.75) is 20.3 Å². The van der Waals surface area contributed by atoms with Crippen molar-refractivity contribution in [1.29, 1.82) is 0 Å². The van der Waals surface area contributed by atoms with Gasteiger partial charge in [-0.1, -0.05) is 25.1 Å². The minimum Gasteiger partial charge on any atom is -0.317 e. The molecule has 0 aromatic heterocycles. The van der Waals surface area contributed by atoms with Crippen LogP contribution in [0, 0.1) is 12.7 Å². The molecule has 0 amide bonds. The molecule has 0 spiro atoms. The number of hydrogen-bond acceptors (Lipinski definition) is 3. The Morgan fingerprint density at radius 3 is 2.48 bits per heavy atom. The standard InChI is InChI=1S/C18H22FN3O2S/c1-3-20-11-6-12-21-17-7-4-5-8-18(17)22(25(21,23)24)16-10-9-14(2)13-15(16)19/h4-5,7-10,13,20H,3,6,11-12H2,1-2H3. The van der Waals surface area contributed by atoms with Gasteiger partial charge in [0.25, 0.3) is 0 Å². The summed E-state index contributed by atoms with van der Waals surface area (Å²) >= 11 is 0. The lowest BCUT2D eigenvalue weighted by Gasteiger charge is -2.22. The van der Waals surface area contributed by atoms with E-state index in [1.807, 2.05) is 6.92 Å². The molecule has 2 aromatic carbocycles. The molecule has 25 heavy (non-hydrogen) atoms. The fraction of sp³-hybridized carbons (Fsp3) is 0.333. The van der Waals surface area contributed by atoms with Gasteiger partial charge in [0.2, 0.25) is 0 Å². The van der Waals surface area contributed by atoms with Crippen molar-refractivity contribution in [3.63, 3.8) is 0 Å². The molecule has 3 rings (SSSR count). The predicted octanol–water partition coefficient (Wildman–Crippen LogP) is 3.34. The summed E-state index contributed by atoms with van der Waals surface area (Å²) in [6, 6.07) is 11.6. The van der Waals surface area contributed by atoms with E-state index in [-0.39, 0.29) is 5.69 Å². The second kappa shape index (κ2) is 7.01. The van der Waals surface area contributed by atoms with Gasteiger partial charge in [-0.2, -0.15) is 8.42 Å². The normalized spacial score (nSPS) is 15.5. The van der Waals surface area contributed by atoms with Crippen LogP contribution in [-0.2, 0) is 10.2 Å². The molecule has 2 aromatic rings. The molecule has 0 saturated heterocycles. The van der Waals surface area contributed by atoms with Crippen LogP contribution in [0.5, 0.6) is 0 Å². The topological polar surface area (TPSA) is 52.6 Å². The quantitative estimate of drug-likeness (QED) is 0.801. The smallest absolute Gasteiger partial charge is 0.317 e. The molecular formula is C18H22FN3O2S. The number of rotatable bonds is 6. The van der Waals surface area contributed by atoms with Crippen molar-refractivity contribution in [2.75, 3.05) is 28.2 Å². The number of para-hydroxylation sites is 2. The van der Waals surface area contributed by atoms with Crippen molar-refractivity contribution in [3.05, 3.63) is 53.8 Å². The first kappa shape index (κ1) is 17.7. The van der Waals surface area contributed by atoms with Crippen molar-refractivity contribution >= 4 is 27.3 Å². The molecule has 5 nitrogen and oxygen atoms in total. The van der Waals surface area contributed by atoms with E-state index in [2.05, 4.69) is 5.32 Å².